The van der Waals surface area contributed by atoms with E-state index in [4.69, 9.17) is 5.11 Å². The molecule has 0 spiro atoms. The molecule has 3 N–H and O–H groups in total. The van der Waals surface area contributed by atoms with E-state index in [0.717, 1.165) is 17.8 Å². The summed E-state index contributed by atoms with van der Waals surface area (Å²) in [4.78, 5) is 27.8. The number of hydrogen-bond acceptors (Lipinski definition) is 3. The van der Waals surface area contributed by atoms with Gasteiger partial charge in [0, 0.05) is 37.0 Å². The van der Waals surface area contributed by atoms with Crippen molar-refractivity contribution in [2.75, 3.05) is 6.54 Å². The molecule has 1 aromatic rings. The maximum atomic E-state index is 11.0. The number of amides is 1. The molecule has 15 heavy (non-hydrogen) atoms. The number of nitrogens with zero attached hydrogens (tertiary/aromatic N) is 1. The van der Waals surface area contributed by atoms with Crippen LogP contribution in [-0.4, -0.2) is 33.5 Å². The number of rotatable bonds is 5. The van der Waals surface area contributed by atoms with E-state index in [2.05, 4.69) is 15.3 Å². The first kappa shape index (κ1) is 11.0. The Kier molecular flexibility index (Phi) is 4.08. The van der Waals surface area contributed by atoms with Gasteiger partial charge in [-0.1, -0.05) is 0 Å². The summed E-state index contributed by atoms with van der Waals surface area (Å²) in [6.07, 6.45) is 5.63. The Bertz CT molecular complexity index is 357. The largest absolute Gasteiger partial charge is 0.478 e. The van der Waals surface area contributed by atoms with Gasteiger partial charge in [-0.3, -0.25) is 4.79 Å². The molecule has 80 valence electrons. The van der Waals surface area contributed by atoms with E-state index >= 15 is 0 Å². The molecule has 0 aromatic carbocycles. The standard InChI is InChI=1S/C9H11N3O3/c13-8(1-2-9(14)15)11-4-3-7-5-10-6-12-7/h1-2,5-6H,3-4H2,(H,10,12)(H,11,13)(H,14,15)/b2-1+. The number of imidazole rings is 1. The smallest absolute Gasteiger partial charge is 0.328 e. The highest BCUT2D eigenvalue weighted by Gasteiger charge is 1.97. The zero-order chi connectivity index (χ0) is 11.1. The summed E-state index contributed by atoms with van der Waals surface area (Å²) < 4.78 is 0. The summed E-state index contributed by atoms with van der Waals surface area (Å²) in [6, 6.07) is 0. The topological polar surface area (TPSA) is 95.1 Å². The Morgan fingerprint density at radius 2 is 2.33 bits per heavy atom. The van der Waals surface area contributed by atoms with Gasteiger partial charge in [-0.15, -0.1) is 0 Å². The van der Waals surface area contributed by atoms with Gasteiger partial charge in [-0.05, 0) is 0 Å². The predicted molar refractivity (Wildman–Crippen MR) is 52.1 cm³/mol. The number of aromatic nitrogens is 2. The number of aliphatic carboxylic acids is 1. The molecule has 1 rings (SSSR count). The molecule has 1 aromatic heterocycles. The number of H-pyrrole nitrogens is 1. The van der Waals surface area contributed by atoms with Gasteiger partial charge in [0.1, 0.15) is 0 Å². The number of hydrogen-bond donors (Lipinski definition) is 3. The summed E-state index contributed by atoms with van der Waals surface area (Å²) in [6.45, 7) is 0.436. The molecule has 0 atom stereocenters. The number of carbonyl (C=O) groups is 2. The average Bonchev–Trinajstić information content (AvgIpc) is 2.67. The van der Waals surface area contributed by atoms with Crippen LogP contribution in [0.2, 0.25) is 0 Å². The van der Waals surface area contributed by atoms with Gasteiger partial charge in [0.15, 0.2) is 0 Å². The highest BCUT2D eigenvalue weighted by molar-refractivity contribution is 5.93. The van der Waals surface area contributed by atoms with Crippen molar-refractivity contribution in [1.29, 1.82) is 0 Å². The van der Waals surface area contributed by atoms with Crippen molar-refractivity contribution in [3.8, 4) is 0 Å². The SMILES string of the molecule is O=C(O)/C=C/C(=O)NCCc1cnc[nH]1. The quantitative estimate of drug-likeness (QED) is 0.580. The number of carboxylic acids is 1. The lowest BCUT2D eigenvalue weighted by atomic mass is 10.3. The first-order chi connectivity index (χ1) is 7.18. The first-order valence-corrected chi connectivity index (χ1v) is 4.34. The van der Waals surface area contributed by atoms with Crippen LogP contribution in [-0.2, 0) is 16.0 Å². The Balaban J connectivity index is 2.20. The molecule has 6 heteroatoms. The van der Waals surface area contributed by atoms with Gasteiger partial charge in [-0.2, -0.15) is 0 Å². The van der Waals surface area contributed by atoms with Crippen LogP contribution in [0.4, 0.5) is 0 Å². The maximum Gasteiger partial charge on any atom is 0.328 e. The van der Waals surface area contributed by atoms with Crippen molar-refractivity contribution < 1.29 is 14.7 Å². The van der Waals surface area contributed by atoms with Crippen molar-refractivity contribution in [3.05, 3.63) is 30.4 Å². The van der Waals surface area contributed by atoms with Crippen molar-refractivity contribution in [2.24, 2.45) is 0 Å². The predicted octanol–water partition coefficient (Wildman–Crippen LogP) is -0.291. The summed E-state index contributed by atoms with van der Waals surface area (Å²) in [5.41, 5.74) is 0.914. The van der Waals surface area contributed by atoms with Crippen LogP contribution in [0.15, 0.2) is 24.7 Å². The van der Waals surface area contributed by atoms with Crippen LogP contribution in [0.5, 0.6) is 0 Å². The number of carboxylic acid groups (broad SMARTS) is 1. The fourth-order valence-electron chi connectivity index (χ4n) is 0.948. The minimum atomic E-state index is -1.14. The minimum Gasteiger partial charge on any atom is -0.478 e. The molecule has 6 nitrogen and oxygen atoms in total. The van der Waals surface area contributed by atoms with Crippen molar-refractivity contribution in [3.63, 3.8) is 0 Å². The highest BCUT2D eigenvalue weighted by Crippen LogP contribution is 1.90. The first-order valence-electron chi connectivity index (χ1n) is 4.34. The van der Waals surface area contributed by atoms with Crippen molar-refractivity contribution in [2.45, 2.75) is 6.42 Å². The van der Waals surface area contributed by atoms with Crippen LogP contribution < -0.4 is 5.32 Å². The van der Waals surface area contributed by atoms with E-state index in [1.165, 1.54) is 0 Å². The molecular weight excluding hydrogens is 198 g/mol. The van der Waals surface area contributed by atoms with Gasteiger partial charge >= 0.3 is 5.97 Å². The fourth-order valence-corrected chi connectivity index (χ4v) is 0.948. The van der Waals surface area contributed by atoms with Crippen LogP contribution in [0.25, 0.3) is 0 Å². The zero-order valence-electron chi connectivity index (χ0n) is 7.93. The lowest BCUT2D eigenvalue weighted by molar-refractivity contribution is -0.131. The zero-order valence-corrected chi connectivity index (χ0v) is 7.93. The molecule has 0 aliphatic rings. The molecule has 1 amide bonds. The normalized spacial score (nSPS) is 10.4. The monoisotopic (exact) mass is 209 g/mol. The van der Waals surface area contributed by atoms with Crippen molar-refractivity contribution >= 4 is 11.9 Å². The number of aromatic amines is 1. The van der Waals surface area contributed by atoms with Crippen molar-refractivity contribution in [1.82, 2.24) is 15.3 Å². The third-order valence-corrected chi connectivity index (χ3v) is 1.63. The van der Waals surface area contributed by atoms with E-state index in [9.17, 15) is 9.59 Å². The summed E-state index contributed by atoms with van der Waals surface area (Å²) in [5.74, 6) is -1.56. The Labute approximate surface area is 86.0 Å². The van der Waals surface area contributed by atoms with E-state index in [0.29, 0.717) is 13.0 Å². The second-order valence-corrected chi connectivity index (χ2v) is 2.79. The van der Waals surface area contributed by atoms with E-state index in [1.807, 2.05) is 0 Å². The van der Waals surface area contributed by atoms with Crippen LogP contribution in [0.3, 0.4) is 0 Å². The van der Waals surface area contributed by atoms with Crippen LogP contribution >= 0.6 is 0 Å². The third kappa shape index (κ3) is 4.61. The lowest BCUT2D eigenvalue weighted by Gasteiger charge is -1.99. The molecule has 0 fully saturated rings. The summed E-state index contributed by atoms with van der Waals surface area (Å²) >= 11 is 0. The van der Waals surface area contributed by atoms with Crippen LogP contribution in [0, 0.1) is 0 Å². The maximum absolute atomic E-state index is 11.0. The average molecular weight is 209 g/mol. The molecule has 0 unspecified atom stereocenters. The van der Waals surface area contributed by atoms with Gasteiger partial charge < -0.3 is 15.4 Å². The summed E-state index contributed by atoms with van der Waals surface area (Å²) in [5, 5.41) is 10.8. The molecule has 0 saturated heterocycles. The van der Waals surface area contributed by atoms with E-state index < -0.39 is 11.9 Å². The second kappa shape index (κ2) is 5.58. The summed E-state index contributed by atoms with van der Waals surface area (Å²) in [7, 11) is 0. The molecule has 1 heterocycles. The Morgan fingerprint density at radius 1 is 1.53 bits per heavy atom. The van der Waals surface area contributed by atoms with Gasteiger partial charge in [0.05, 0.1) is 6.33 Å². The minimum absolute atomic E-state index is 0.420. The molecular formula is C9H11N3O3. The fraction of sp³-hybridized carbons (Fsp3) is 0.222. The van der Waals surface area contributed by atoms with E-state index in [-0.39, 0.29) is 0 Å². The highest BCUT2D eigenvalue weighted by atomic mass is 16.4. The molecule has 0 radical (unpaired) electrons. The van der Waals surface area contributed by atoms with E-state index in [1.54, 1.807) is 12.5 Å². The van der Waals surface area contributed by atoms with Gasteiger partial charge in [0.2, 0.25) is 5.91 Å². The third-order valence-electron chi connectivity index (χ3n) is 1.63. The van der Waals surface area contributed by atoms with Crippen LogP contribution in [0.1, 0.15) is 5.69 Å². The molecule has 0 saturated carbocycles. The number of nitrogens with one attached hydrogen (secondary N) is 2. The molecule has 0 aliphatic heterocycles. The Morgan fingerprint density at radius 3 is 2.93 bits per heavy atom. The second-order valence-electron chi connectivity index (χ2n) is 2.79. The lowest BCUT2D eigenvalue weighted by Crippen LogP contribution is -2.23. The molecule has 0 aliphatic carbocycles. The van der Waals surface area contributed by atoms with Gasteiger partial charge in [0.25, 0.3) is 0 Å². The van der Waals surface area contributed by atoms with Gasteiger partial charge in [-0.25, -0.2) is 9.78 Å². The number of carbonyl (C=O) groups excluding carboxylic acids is 1. The Hall–Kier alpha value is -2.11. The molecule has 0 bridgehead atoms.